The normalized spacial score (nSPS) is 15.2. The van der Waals surface area contributed by atoms with Crippen molar-refractivity contribution in [2.24, 2.45) is 0 Å². The number of unbranched alkanes of at least 4 members (excludes halogenated alkanes) is 1. The zero-order valence-corrected chi connectivity index (χ0v) is 20.6. The number of ether oxygens (including phenoxy) is 1. The topological polar surface area (TPSA) is 91.0 Å². The number of carbonyl (C=O) groups is 1. The van der Waals surface area contributed by atoms with E-state index in [0.717, 1.165) is 45.6 Å². The van der Waals surface area contributed by atoms with Gasteiger partial charge >= 0.3 is 0 Å². The van der Waals surface area contributed by atoms with E-state index in [1.165, 1.54) is 25.3 Å². The van der Waals surface area contributed by atoms with Gasteiger partial charge in [-0.05, 0) is 56.8 Å². The number of methoxy groups -OCH3 is 1. The highest BCUT2D eigenvalue weighted by Gasteiger charge is 2.22. The number of rotatable bonds is 10. The molecule has 33 heavy (non-hydrogen) atoms. The smallest absolute Gasteiger partial charge is 0.263 e. The summed E-state index contributed by atoms with van der Waals surface area (Å²) in [6.45, 7) is 5.87. The van der Waals surface area contributed by atoms with Gasteiger partial charge in [0.1, 0.15) is 10.6 Å². The monoisotopic (exact) mass is 494 g/mol. The molecule has 1 fully saturated rings. The molecule has 0 unspecified atom stereocenters. The lowest BCUT2D eigenvalue weighted by Crippen LogP contribution is -2.44. The number of hydrogen-bond acceptors (Lipinski definition) is 6. The summed E-state index contributed by atoms with van der Waals surface area (Å²) in [6, 6.07) is 10.9. The first kappa shape index (κ1) is 25.3. The molecule has 0 bridgehead atoms. The molecule has 0 aromatic heterocycles. The number of carbonyl (C=O) groups excluding carboxylic acids is 1. The third-order valence-electron chi connectivity index (χ3n) is 5.62. The Morgan fingerprint density at radius 2 is 1.82 bits per heavy atom. The standard InChI is InChI=1S/C23H31ClN4O4S/c1-27-13-15-28(16-14-27)12-6-5-11-25-23(29)18-9-10-19(24)22(17-18)33(30,31)26-20-7-3-4-8-21(20)32-2/h3-4,7-10,17,26H,5-6,11-16H2,1-2H3,(H,25,29). The summed E-state index contributed by atoms with van der Waals surface area (Å²) in [7, 11) is -0.441. The van der Waals surface area contributed by atoms with Gasteiger partial charge in [0.15, 0.2) is 0 Å². The van der Waals surface area contributed by atoms with Crippen molar-refractivity contribution in [3.63, 3.8) is 0 Å². The molecule has 10 heteroatoms. The average molecular weight is 495 g/mol. The Hall–Kier alpha value is -2.33. The zero-order valence-electron chi connectivity index (χ0n) is 19.0. The van der Waals surface area contributed by atoms with Gasteiger partial charge in [-0.15, -0.1) is 0 Å². The molecular weight excluding hydrogens is 464 g/mol. The van der Waals surface area contributed by atoms with Crippen LogP contribution in [0.3, 0.4) is 0 Å². The van der Waals surface area contributed by atoms with E-state index in [9.17, 15) is 13.2 Å². The molecule has 0 atom stereocenters. The second-order valence-corrected chi connectivity index (χ2v) is 10.1. The van der Waals surface area contributed by atoms with Crippen LogP contribution in [-0.2, 0) is 10.0 Å². The van der Waals surface area contributed by atoms with Crippen molar-refractivity contribution >= 4 is 33.2 Å². The van der Waals surface area contributed by atoms with Gasteiger partial charge in [-0.1, -0.05) is 23.7 Å². The molecule has 3 rings (SSSR count). The Bertz CT molecular complexity index is 1060. The molecular formula is C23H31ClN4O4S. The fraction of sp³-hybridized carbons (Fsp3) is 0.435. The van der Waals surface area contributed by atoms with E-state index in [1.54, 1.807) is 24.3 Å². The van der Waals surface area contributed by atoms with Gasteiger partial charge in [0, 0.05) is 38.3 Å². The summed E-state index contributed by atoms with van der Waals surface area (Å²) in [4.78, 5) is 17.2. The van der Waals surface area contributed by atoms with Crippen LogP contribution in [0.5, 0.6) is 5.75 Å². The molecule has 180 valence electrons. The van der Waals surface area contributed by atoms with Crippen LogP contribution in [-0.4, -0.2) is 77.6 Å². The highest BCUT2D eigenvalue weighted by molar-refractivity contribution is 7.92. The molecule has 1 saturated heterocycles. The lowest BCUT2D eigenvalue weighted by Gasteiger charge is -2.32. The summed E-state index contributed by atoms with van der Waals surface area (Å²) in [5.74, 6) is 0.0441. The first-order chi connectivity index (χ1) is 15.8. The van der Waals surface area contributed by atoms with Crippen molar-refractivity contribution in [3.8, 4) is 5.75 Å². The van der Waals surface area contributed by atoms with E-state index in [0.29, 0.717) is 12.3 Å². The van der Waals surface area contributed by atoms with Crippen LogP contribution in [0.2, 0.25) is 5.02 Å². The molecule has 1 heterocycles. The summed E-state index contributed by atoms with van der Waals surface area (Å²) in [5, 5.41) is 2.89. The van der Waals surface area contributed by atoms with E-state index in [-0.39, 0.29) is 27.1 Å². The molecule has 0 saturated carbocycles. The summed E-state index contributed by atoms with van der Waals surface area (Å²) >= 11 is 6.16. The van der Waals surface area contributed by atoms with Gasteiger partial charge in [0.2, 0.25) is 0 Å². The minimum atomic E-state index is -4.03. The van der Waals surface area contributed by atoms with Gasteiger partial charge in [-0.3, -0.25) is 9.52 Å². The molecule has 8 nitrogen and oxygen atoms in total. The first-order valence-corrected chi connectivity index (χ1v) is 12.8. The maximum absolute atomic E-state index is 12.9. The minimum absolute atomic E-state index is 0.0288. The van der Waals surface area contributed by atoms with Gasteiger partial charge in [-0.25, -0.2) is 8.42 Å². The molecule has 1 aliphatic heterocycles. The maximum atomic E-state index is 12.9. The van der Waals surface area contributed by atoms with Crippen molar-refractivity contribution in [3.05, 3.63) is 53.1 Å². The SMILES string of the molecule is COc1ccccc1NS(=O)(=O)c1cc(C(=O)NCCCCN2CCN(C)CC2)ccc1Cl. The summed E-state index contributed by atoms with van der Waals surface area (Å²) in [5.41, 5.74) is 0.519. The van der Waals surface area contributed by atoms with E-state index >= 15 is 0 Å². The van der Waals surface area contributed by atoms with Crippen LogP contribution in [0.15, 0.2) is 47.4 Å². The van der Waals surface area contributed by atoms with Crippen LogP contribution in [0.4, 0.5) is 5.69 Å². The fourth-order valence-corrected chi connectivity index (χ4v) is 5.21. The number of para-hydroxylation sites is 2. The molecule has 2 N–H and O–H groups in total. The zero-order chi connectivity index (χ0) is 23.8. The number of halogens is 1. The fourth-order valence-electron chi connectivity index (χ4n) is 3.62. The van der Waals surface area contributed by atoms with Crippen molar-refractivity contribution in [1.29, 1.82) is 0 Å². The number of sulfonamides is 1. The van der Waals surface area contributed by atoms with Crippen LogP contribution < -0.4 is 14.8 Å². The first-order valence-electron chi connectivity index (χ1n) is 10.9. The summed E-state index contributed by atoms with van der Waals surface area (Å²) in [6.07, 6.45) is 1.85. The van der Waals surface area contributed by atoms with E-state index < -0.39 is 10.0 Å². The van der Waals surface area contributed by atoms with E-state index in [2.05, 4.69) is 26.9 Å². The Labute approximate surface area is 200 Å². The predicted octanol–water partition coefficient (Wildman–Crippen LogP) is 2.91. The minimum Gasteiger partial charge on any atom is -0.495 e. The molecule has 2 aromatic carbocycles. The van der Waals surface area contributed by atoms with E-state index in [4.69, 9.17) is 16.3 Å². The average Bonchev–Trinajstić information content (AvgIpc) is 2.80. The van der Waals surface area contributed by atoms with Gasteiger partial charge in [0.25, 0.3) is 15.9 Å². The second-order valence-electron chi connectivity index (χ2n) is 8.06. The largest absolute Gasteiger partial charge is 0.495 e. The third kappa shape index (κ3) is 7.07. The molecule has 0 spiro atoms. The quantitative estimate of drug-likeness (QED) is 0.493. The Morgan fingerprint density at radius 1 is 1.09 bits per heavy atom. The van der Waals surface area contributed by atoms with Crippen LogP contribution in [0.1, 0.15) is 23.2 Å². The number of nitrogens with zero attached hydrogens (tertiary/aromatic N) is 2. The molecule has 0 radical (unpaired) electrons. The molecule has 1 aliphatic rings. The van der Waals surface area contributed by atoms with Crippen molar-refractivity contribution in [1.82, 2.24) is 15.1 Å². The Morgan fingerprint density at radius 3 is 2.55 bits per heavy atom. The van der Waals surface area contributed by atoms with E-state index in [1.807, 2.05) is 0 Å². The number of benzene rings is 2. The van der Waals surface area contributed by atoms with Crippen molar-refractivity contribution < 1.29 is 17.9 Å². The van der Waals surface area contributed by atoms with Gasteiger partial charge < -0.3 is 19.9 Å². The second kappa shape index (κ2) is 11.7. The number of anilines is 1. The number of hydrogen-bond donors (Lipinski definition) is 2. The van der Waals surface area contributed by atoms with Crippen molar-refractivity contribution in [2.75, 3.05) is 58.1 Å². The predicted molar refractivity (Wildman–Crippen MR) is 131 cm³/mol. The molecule has 1 amide bonds. The molecule has 2 aromatic rings. The highest BCUT2D eigenvalue weighted by Crippen LogP contribution is 2.29. The Kier molecular flexibility index (Phi) is 8.96. The van der Waals surface area contributed by atoms with Gasteiger partial charge in [0.05, 0.1) is 17.8 Å². The highest BCUT2D eigenvalue weighted by atomic mass is 35.5. The van der Waals surface area contributed by atoms with Gasteiger partial charge in [-0.2, -0.15) is 0 Å². The molecule has 0 aliphatic carbocycles. The number of piperazine rings is 1. The maximum Gasteiger partial charge on any atom is 0.263 e. The van der Waals surface area contributed by atoms with Crippen LogP contribution >= 0.6 is 11.6 Å². The third-order valence-corrected chi connectivity index (χ3v) is 7.46. The lowest BCUT2D eigenvalue weighted by atomic mass is 10.2. The number of nitrogens with one attached hydrogen (secondary N) is 2. The number of amides is 1. The van der Waals surface area contributed by atoms with Crippen molar-refractivity contribution in [2.45, 2.75) is 17.7 Å². The van der Waals surface area contributed by atoms with Crippen LogP contribution in [0, 0.1) is 0 Å². The van der Waals surface area contributed by atoms with Crippen LogP contribution in [0.25, 0.3) is 0 Å². The Balaban J connectivity index is 1.56. The number of likely N-dealkylation sites (N-methyl/N-ethyl adjacent to an activating group) is 1. The summed E-state index contributed by atoms with van der Waals surface area (Å²) < 4.78 is 33.6. The lowest BCUT2D eigenvalue weighted by molar-refractivity contribution is 0.0951.